The maximum absolute atomic E-state index is 12.2. The molecule has 0 radical (unpaired) electrons. The first-order valence-corrected chi connectivity index (χ1v) is 7.69. The summed E-state index contributed by atoms with van der Waals surface area (Å²) in [5.41, 5.74) is 1.45. The molecule has 1 aliphatic rings. The molecule has 1 saturated heterocycles. The number of amides is 1. The van der Waals surface area contributed by atoms with Crippen LogP contribution in [0.4, 0.5) is 5.69 Å². The van der Waals surface area contributed by atoms with Crippen molar-refractivity contribution in [3.63, 3.8) is 0 Å². The minimum absolute atomic E-state index is 0.0503. The number of rotatable bonds is 3. The van der Waals surface area contributed by atoms with Crippen LogP contribution in [-0.2, 0) is 4.79 Å². The van der Waals surface area contributed by atoms with Crippen LogP contribution in [0, 0.1) is 0 Å². The molecule has 0 spiro atoms. The van der Waals surface area contributed by atoms with Gasteiger partial charge in [-0.05, 0) is 24.3 Å². The predicted octanol–water partition coefficient (Wildman–Crippen LogP) is 2.13. The summed E-state index contributed by atoms with van der Waals surface area (Å²) < 4.78 is 1.70. The molecule has 0 bridgehead atoms. The van der Waals surface area contributed by atoms with Gasteiger partial charge in [-0.3, -0.25) is 10.1 Å². The molecule has 0 saturated carbocycles. The van der Waals surface area contributed by atoms with Crippen LogP contribution < -0.4 is 10.6 Å². The zero-order valence-electron chi connectivity index (χ0n) is 10.5. The highest BCUT2D eigenvalue weighted by atomic mass is 35.5. The third-order valence-electron chi connectivity index (χ3n) is 3.00. The lowest BCUT2D eigenvalue weighted by atomic mass is 10.2. The van der Waals surface area contributed by atoms with Crippen molar-refractivity contribution in [2.75, 3.05) is 16.9 Å². The minimum Gasteiger partial charge on any atom is -0.323 e. The summed E-state index contributed by atoms with van der Waals surface area (Å²) in [4.78, 5) is 12.2. The Balaban J connectivity index is 1.87. The first-order chi connectivity index (χ1) is 9.74. The zero-order valence-corrected chi connectivity index (χ0v) is 12.1. The van der Waals surface area contributed by atoms with Gasteiger partial charge in [-0.1, -0.05) is 11.6 Å². The second-order valence-electron chi connectivity index (χ2n) is 4.37. The quantitative estimate of drug-likeness (QED) is 0.912. The topological polar surface area (TPSA) is 59.0 Å². The van der Waals surface area contributed by atoms with Crippen molar-refractivity contribution in [3.8, 4) is 5.69 Å². The van der Waals surface area contributed by atoms with Crippen LogP contribution >= 0.6 is 23.4 Å². The number of thioether (sulfide) groups is 1. The van der Waals surface area contributed by atoms with Crippen molar-refractivity contribution >= 4 is 35.0 Å². The predicted molar refractivity (Wildman–Crippen MR) is 81.5 cm³/mol. The Kier molecular flexibility index (Phi) is 3.95. The highest BCUT2D eigenvalue weighted by molar-refractivity contribution is 7.99. The summed E-state index contributed by atoms with van der Waals surface area (Å²) in [5, 5.41) is 10.8. The number of hydrogen-bond donors (Lipinski definition) is 2. The molecule has 1 aliphatic heterocycles. The zero-order chi connectivity index (χ0) is 13.9. The molecule has 2 heterocycles. The van der Waals surface area contributed by atoms with E-state index in [2.05, 4.69) is 15.7 Å². The summed E-state index contributed by atoms with van der Waals surface area (Å²) >= 11 is 7.73. The van der Waals surface area contributed by atoms with Crippen molar-refractivity contribution in [1.29, 1.82) is 0 Å². The first kappa shape index (κ1) is 13.5. The number of aromatic nitrogens is 2. The Hall–Kier alpha value is -1.50. The van der Waals surface area contributed by atoms with Gasteiger partial charge in [-0.2, -0.15) is 5.10 Å². The van der Waals surface area contributed by atoms with Gasteiger partial charge < -0.3 is 5.32 Å². The molecule has 1 fully saturated rings. The lowest BCUT2D eigenvalue weighted by Crippen LogP contribution is -2.37. The third kappa shape index (κ3) is 2.82. The fraction of sp³-hybridized carbons (Fsp3) is 0.231. The normalized spacial score (nSPS) is 18.1. The largest absolute Gasteiger partial charge is 0.323 e. The Morgan fingerprint density at radius 1 is 1.55 bits per heavy atom. The van der Waals surface area contributed by atoms with Crippen LogP contribution in [0.15, 0.2) is 36.7 Å². The van der Waals surface area contributed by atoms with E-state index in [1.165, 1.54) is 0 Å². The number of nitrogens with zero attached hydrogens (tertiary/aromatic N) is 2. The molecule has 7 heteroatoms. The summed E-state index contributed by atoms with van der Waals surface area (Å²) in [5.74, 6) is 1.54. The SMILES string of the molecule is O=C(Nc1cc(Cl)ccc1-n1cccn1)C1CSCN1. The highest BCUT2D eigenvalue weighted by Crippen LogP contribution is 2.24. The van der Waals surface area contributed by atoms with Gasteiger partial charge in [0.1, 0.15) is 0 Å². The van der Waals surface area contributed by atoms with Gasteiger partial charge in [-0.25, -0.2) is 4.68 Å². The molecule has 1 unspecified atom stereocenters. The monoisotopic (exact) mass is 308 g/mol. The van der Waals surface area contributed by atoms with Crippen molar-refractivity contribution in [1.82, 2.24) is 15.1 Å². The van der Waals surface area contributed by atoms with E-state index >= 15 is 0 Å². The molecule has 1 atom stereocenters. The molecule has 20 heavy (non-hydrogen) atoms. The number of anilines is 1. The van der Waals surface area contributed by atoms with Gasteiger partial charge in [0.2, 0.25) is 5.91 Å². The van der Waals surface area contributed by atoms with Crippen LogP contribution in [-0.4, -0.2) is 33.4 Å². The van der Waals surface area contributed by atoms with Gasteiger partial charge in [0.25, 0.3) is 0 Å². The molecule has 2 aromatic rings. The number of halogens is 1. The number of hydrogen-bond acceptors (Lipinski definition) is 4. The van der Waals surface area contributed by atoms with Crippen molar-refractivity contribution in [3.05, 3.63) is 41.7 Å². The minimum atomic E-state index is -0.163. The number of benzene rings is 1. The van der Waals surface area contributed by atoms with Crippen molar-refractivity contribution < 1.29 is 4.79 Å². The third-order valence-corrected chi connectivity index (χ3v) is 4.18. The number of carbonyl (C=O) groups excluding carboxylic acids is 1. The van der Waals surface area contributed by atoms with Gasteiger partial charge in [0.05, 0.1) is 17.4 Å². The second-order valence-corrected chi connectivity index (χ2v) is 5.84. The van der Waals surface area contributed by atoms with Crippen molar-refractivity contribution in [2.45, 2.75) is 6.04 Å². The molecule has 3 rings (SSSR count). The molecule has 104 valence electrons. The molecule has 0 aliphatic carbocycles. The summed E-state index contributed by atoms with van der Waals surface area (Å²) in [6.45, 7) is 0. The Bertz CT molecular complexity index is 611. The van der Waals surface area contributed by atoms with E-state index in [9.17, 15) is 4.79 Å². The Labute approximate surface area is 125 Å². The fourth-order valence-electron chi connectivity index (χ4n) is 2.00. The molecule has 1 aromatic carbocycles. The maximum Gasteiger partial charge on any atom is 0.242 e. The van der Waals surface area contributed by atoms with E-state index in [0.29, 0.717) is 10.7 Å². The van der Waals surface area contributed by atoms with E-state index in [1.54, 1.807) is 34.8 Å². The van der Waals surface area contributed by atoms with Gasteiger partial charge in [-0.15, -0.1) is 11.8 Å². The molecule has 2 N–H and O–H groups in total. The Morgan fingerprint density at radius 3 is 3.15 bits per heavy atom. The summed E-state index contributed by atoms with van der Waals surface area (Å²) in [6.07, 6.45) is 3.51. The van der Waals surface area contributed by atoms with Crippen molar-refractivity contribution in [2.24, 2.45) is 0 Å². The van der Waals surface area contributed by atoms with Crippen LogP contribution in [0.1, 0.15) is 0 Å². The van der Waals surface area contributed by atoms with Crippen LogP contribution in [0.2, 0.25) is 5.02 Å². The van der Waals surface area contributed by atoms with Crippen LogP contribution in [0.3, 0.4) is 0 Å². The first-order valence-electron chi connectivity index (χ1n) is 6.15. The molecular formula is C13H13ClN4OS. The van der Waals surface area contributed by atoms with E-state index < -0.39 is 0 Å². The van der Waals surface area contributed by atoms with E-state index in [-0.39, 0.29) is 11.9 Å². The number of nitrogens with one attached hydrogen (secondary N) is 2. The Morgan fingerprint density at radius 2 is 2.45 bits per heavy atom. The smallest absolute Gasteiger partial charge is 0.242 e. The van der Waals surface area contributed by atoms with Gasteiger partial charge >= 0.3 is 0 Å². The van der Waals surface area contributed by atoms with Crippen LogP contribution in [0.25, 0.3) is 5.69 Å². The lowest BCUT2D eigenvalue weighted by Gasteiger charge is -2.14. The average Bonchev–Trinajstić information content (AvgIpc) is 3.12. The summed E-state index contributed by atoms with van der Waals surface area (Å²) in [6, 6.07) is 7.01. The van der Waals surface area contributed by atoms with Crippen LogP contribution in [0.5, 0.6) is 0 Å². The molecule has 1 aromatic heterocycles. The lowest BCUT2D eigenvalue weighted by molar-refractivity contribution is -0.117. The molecular weight excluding hydrogens is 296 g/mol. The van der Waals surface area contributed by atoms with Gasteiger partial charge in [0.15, 0.2) is 0 Å². The fourth-order valence-corrected chi connectivity index (χ4v) is 3.12. The standard InChI is InChI=1S/C13H13ClN4OS/c14-9-2-3-12(18-5-1-4-16-18)10(6-9)17-13(19)11-7-20-8-15-11/h1-6,11,15H,7-8H2,(H,17,19). The van der Waals surface area contributed by atoms with E-state index in [4.69, 9.17) is 11.6 Å². The molecule has 1 amide bonds. The molecule has 5 nitrogen and oxygen atoms in total. The maximum atomic E-state index is 12.2. The van der Waals surface area contributed by atoms with E-state index in [1.807, 2.05) is 18.3 Å². The highest BCUT2D eigenvalue weighted by Gasteiger charge is 2.23. The number of carbonyl (C=O) groups is 1. The summed E-state index contributed by atoms with van der Waals surface area (Å²) in [7, 11) is 0. The van der Waals surface area contributed by atoms with Gasteiger partial charge in [0, 0.05) is 29.0 Å². The average molecular weight is 309 g/mol. The van der Waals surface area contributed by atoms with E-state index in [0.717, 1.165) is 17.3 Å². The second kappa shape index (κ2) is 5.87.